The van der Waals surface area contributed by atoms with Crippen molar-refractivity contribution >= 4 is 31.9 Å². The molecule has 3 nitrogen and oxygen atoms in total. The van der Waals surface area contributed by atoms with Crippen LogP contribution >= 0.6 is 31.9 Å². The Hall–Kier alpha value is -0.100. The minimum absolute atomic E-state index is 0.211. The highest BCUT2D eigenvalue weighted by atomic mass is 79.9. The minimum Gasteiger partial charge on any atom is -0.494 e. The summed E-state index contributed by atoms with van der Waals surface area (Å²) in [7, 11) is 1.64. The maximum Gasteiger partial charge on any atom is 0.147 e. The van der Waals surface area contributed by atoms with Crippen LogP contribution in [-0.4, -0.2) is 25.4 Å². The molecule has 0 saturated heterocycles. The summed E-state index contributed by atoms with van der Waals surface area (Å²) >= 11 is 6.94. The Morgan fingerprint density at radius 3 is 2.41 bits per heavy atom. The summed E-state index contributed by atoms with van der Waals surface area (Å²) in [5, 5.41) is 12.2. The van der Waals surface area contributed by atoms with E-state index in [0.717, 1.165) is 33.3 Å². The number of aliphatic hydroxyl groups is 1. The summed E-state index contributed by atoms with van der Waals surface area (Å²) < 4.78 is 7.11. The lowest BCUT2D eigenvalue weighted by Crippen LogP contribution is -2.22. The fraction of sp³-hybridized carbons (Fsp3) is 0.500. The van der Waals surface area contributed by atoms with Gasteiger partial charge in [0.1, 0.15) is 5.75 Å². The number of rotatable bonds is 6. The molecule has 0 saturated carbocycles. The average Bonchev–Trinajstić information content (AvgIpc) is 2.28. The predicted octanol–water partition coefficient (Wildman–Crippen LogP) is 2.94. The maximum atomic E-state index is 8.92. The van der Waals surface area contributed by atoms with E-state index >= 15 is 0 Å². The summed E-state index contributed by atoms with van der Waals surface area (Å²) in [5.74, 6) is 1.08. The molecule has 2 N–H and O–H groups in total. The second kappa shape index (κ2) is 7.36. The fourth-order valence-corrected chi connectivity index (χ4v) is 3.04. The van der Waals surface area contributed by atoms with Gasteiger partial charge in [-0.25, -0.2) is 0 Å². The van der Waals surface area contributed by atoms with E-state index in [1.165, 1.54) is 0 Å². The Morgan fingerprint density at radius 2 is 1.94 bits per heavy atom. The van der Waals surface area contributed by atoms with Crippen LogP contribution in [-0.2, 0) is 6.54 Å². The summed E-state index contributed by atoms with van der Waals surface area (Å²) in [6.07, 6.45) is 0. The summed E-state index contributed by atoms with van der Waals surface area (Å²) in [6, 6.07) is 4.06. The van der Waals surface area contributed by atoms with Crippen LogP contribution in [0.2, 0.25) is 0 Å². The Labute approximate surface area is 119 Å². The molecule has 1 aromatic rings. The van der Waals surface area contributed by atoms with Gasteiger partial charge in [0.2, 0.25) is 0 Å². The van der Waals surface area contributed by atoms with Crippen LogP contribution in [0.25, 0.3) is 0 Å². The molecule has 0 amide bonds. The zero-order chi connectivity index (χ0) is 12.8. The van der Waals surface area contributed by atoms with Crippen molar-refractivity contribution in [3.63, 3.8) is 0 Å². The van der Waals surface area contributed by atoms with Crippen molar-refractivity contribution in [1.29, 1.82) is 0 Å². The number of ether oxygens (including phenoxy) is 1. The van der Waals surface area contributed by atoms with Gasteiger partial charge in [0, 0.05) is 19.7 Å². The second-order valence-electron chi connectivity index (χ2n) is 4.01. The third-order valence-electron chi connectivity index (χ3n) is 2.40. The first-order chi connectivity index (χ1) is 8.08. The van der Waals surface area contributed by atoms with E-state index in [1.807, 2.05) is 19.1 Å². The lowest BCUT2D eigenvalue weighted by atomic mass is 10.2. The number of aliphatic hydroxyl groups excluding tert-OH is 1. The molecule has 1 atom stereocenters. The molecule has 0 heterocycles. The Balaban J connectivity index is 2.61. The summed E-state index contributed by atoms with van der Waals surface area (Å²) in [5.41, 5.74) is 1.16. The highest BCUT2D eigenvalue weighted by Crippen LogP contribution is 2.34. The summed E-state index contributed by atoms with van der Waals surface area (Å²) in [4.78, 5) is 0. The highest BCUT2D eigenvalue weighted by Gasteiger charge is 2.07. The molecule has 5 heteroatoms. The van der Waals surface area contributed by atoms with Crippen LogP contribution < -0.4 is 10.1 Å². The van der Waals surface area contributed by atoms with Gasteiger partial charge in [0.15, 0.2) is 0 Å². The Bertz CT molecular complexity index is 349. The van der Waals surface area contributed by atoms with Crippen LogP contribution in [0, 0.1) is 5.92 Å². The van der Waals surface area contributed by atoms with Crippen molar-refractivity contribution in [2.75, 3.05) is 20.3 Å². The van der Waals surface area contributed by atoms with Crippen molar-refractivity contribution in [2.45, 2.75) is 13.5 Å². The number of hydrogen-bond donors (Lipinski definition) is 2. The topological polar surface area (TPSA) is 41.5 Å². The molecule has 0 aliphatic rings. The molecule has 0 spiro atoms. The maximum absolute atomic E-state index is 8.92. The average molecular weight is 367 g/mol. The van der Waals surface area contributed by atoms with Crippen LogP contribution in [0.1, 0.15) is 12.5 Å². The van der Waals surface area contributed by atoms with Gasteiger partial charge < -0.3 is 15.2 Å². The van der Waals surface area contributed by atoms with Crippen LogP contribution in [0.4, 0.5) is 0 Å². The largest absolute Gasteiger partial charge is 0.494 e. The van der Waals surface area contributed by atoms with Crippen LogP contribution in [0.3, 0.4) is 0 Å². The van der Waals surface area contributed by atoms with E-state index in [0.29, 0.717) is 0 Å². The van der Waals surface area contributed by atoms with E-state index in [2.05, 4.69) is 37.2 Å². The van der Waals surface area contributed by atoms with Crippen molar-refractivity contribution in [1.82, 2.24) is 5.32 Å². The second-order valence-corrected chi connectivity index (χ2v) is 5.72. The molecule has 1 rings (SSSR count). The molecule has 1 unspecified atom stereocenters. The Kier molecular flexibility index (Phi) is 6.48. The van der Waals surface area contributed by atoms with Gasteiger partial charge in [-0.05, 0) is 55.5 Å². The smallest absolute Gasteiger partial charge is 0.147 e. The first-order valence-corrected chi connectivity index (χ1v) is 7.00. The quantitative estimate of drug-likeness (QED) is 0.813. The number of halogens is 2. The number of hydrogen-bond acceptors (Lipinski definition) is 3. The van der Waals surface area contributed by atoms with E-state index < -0.39 is 0 Å². The van der Waals surface area contributed by atoms with Gasteiger partial charge in [-0.3, -0.25) is 0 Å². The van der Waals surface area contributed by atoms with Gasteiger partial charge in [-0.15, -0.1) is 0 Å². The van der Waals surface area contributed by atoms with E-state index in [4.69, 9.17) is 9.84 Å². The Morgan fingerprint density at radius 1 is 1.35 bits per heavy atom. The fourth-order valence-electron chi connectivity index (χ4n) is 1.44. The van der Waals surface area contributed by atoms with E-state index in [9.17, 15) is 0 Å². The molecular weight excluding hydrogens is 350 g/mol. The summed E-state index contributed by atoms with van der Waals surface area (Å²) in [6.45, 7) is 3.79. The lowest BCUT2D eigenvalue weighted by Gasteiger charge is -2.12. The zero-order valence-corrected chi connectivity index (χ0v) is 13.1. The molecule has 0 radical (unpaired) electrons. The molecule has 96 valence electrons. The molecule has 0 aliphatic carbocycles. The minimum atomic E-state index is 0.211. The highest BCUT2D eigenvalue weighted by molar-refractivity contribution is 9.11. The van der Waals surface area contributed by atoms with Crippen molar-refractivity contribution < 1.29 is 9.84 Å². The molecule has 0 bridgehead atoms. The SMILES string of the molecule is COc1c(Br)cc(CNCC(C)CO)cc1Br. The lowest BCUT2D eigenvalue weighted by molar-refractivity contribution is 0.233. The van der Waals surface area contributed by atoms with Crippen LogP contribution in [0.15, 0.2) is 21.1 Å². The molecule has 0 aromatic heterocycles. The first-order valence-electron chi connectivity index (χ1n) is 5.42. The molecule has 0 fully saturated rings. The van der Waals surface area contributed by atoms with Crippen molar-refractivity contribution in [3.05, 3.63) is 26.6 Å². The van der Waals surface area contributed by atoms with Gasteiger partial charge >= 0.3 is 0 Å². The molecule has 0 aliphatic heterocycles. The number of benzene rings is 1. The van der Waals surface area contributed by atoms with E-state index in [1.54, 1.807) is 7.11 Å². The van der Waals surface area contributed by atoms with Crippen molar-refractivity contribution in [3.8, 4) is 5.75 Å². The molecular formula is C12H17Br2NO2. The van der Waals surface area contributed by atoms with Gasteiger partial charge in [-0.1, -0.05) is 6.92 Å². The number of methoxy groups -OCH3 is 1. The predicted molar refractivity (Wildman–Crippen MR) is 76.4 cm³/mol. The van der Waals surface area contributed by atoms with Gasteiger partial charge in [0.25, 0.3) is 0 Å². The zero-order valence-electron chi connectivity index (χ0n) is 9.96. The standard InChI is InChI=1S/C12H17Br2NO2/c1-8(7-16)5-15-6-9-3-10(13)12(17-2)11(14)4-9/h3-4,8,15-16H,5-7H2,1-2H3. The molecule has 1 aromatic carbocycles. The monoisotopic (exact) mass is 365 g/mol. The van der Waals surface area contributed by atoms with Gasteiger partial charge in [-0.2, -0.15) is 0 Å². The third-order valence-corrected chi connectivity index (χ3v) is 3.57. The third kappa shape index (κ3) is 4.58. The van der Waals surface area contributed by atoms with E-state index in [-0.39, 0.29) is 12.5 Å². The normalized spacial score (nSPS) is 12.5. The van der Waals surface area contributed by atoms with Crippen molar-refractivity contribution in [2.24, 2.45) is 5.92 Å². The first kappa shape index (κ1) is 15.0. The number of nitrogens with one attached hydrogen (secondary N) is 1. The van der Waals surface area contributed by atoms with Crippen LogP contribution in [0.5, 0.6) is 5.75 Å². The molecule has 17 heavy (non-hydrogen) atoms. The van der Waals surface area contributed by atoms with Gasteiger partial charge in [0.05, 0.1) is 16.1 Å².